The molecular weight excluding hydrogens is 304 g/mol. The molecule has 0 aliphatic carbocycles. The van der Waals surface area contributed by atoms with E-state index in [9.17, 15) is 0 Å². The first-order valence-corrected chi connectivity index (χ1v) is 6.92. The number of halogens is 1. The molecule has 2 heterocycles. The second-order valence-corrected chi connectivity index (χ2v) is 4.97. The summed E-state index contributed by atoms with van der Waals surface area (Å²) >= 11 is 4.76. The molecule has 92 valence electrons. The van der Waals surface area contributed by atoms with Gasteiger partial charge in [-0.2, -0.15) is 0 Å². The fraction of sp³-hybridized carbons (Fsp3) is 0.556. The SMILES string of the molecule is CCCNC(c1csnn1)c1c(Br)nnn1C. The lowest BCUT2D eigenvalue weighted by Gasteiger charge is -2.16. The van der Waals surface area contributed by atoms with Gasteiger partial charge in [-0.25, -0.2) is 4.68 Å². The van der Waals surface area contributed by atoms with Crippen molar-refractivity contribution in [3.8, 4) is 0 Å². The van der Waals surface area contributed by atoms with Crippen molar-refractivity contribution in [3.63, 3.8) is 0 Å². The highest BCUT2D eigenvalue weighted by molar-refractivity contribution is 9.10. The molecule has 2 aromatic rings. The lowest BCUT2D eigenvalue weighted by molar-refractivity contribution is 0.539. The summed E-state index contributed by atoms with van der Waals surface area (Å²) in [5, 5.41) is 17.5. The van der Waals surface area contributed by atoms with Crippen molar-refractivity contribution in [1.29, 1.82) is 0 Å². The Morgan fingerprint density at radius 2 is 2.35 bits per heavy atom. The van der Waals surface area contributed by atoms with Crippen LogP contribution in [0.4, 0.5) is 0 Å². The van der Waals surface area contributed by atoms with E-state index in [0.717, 1.165) is 29.0 Å². The fourth-order valence-corrected chi connectivity index (χ4v) is 2.61. The molecule has 0 radical (unpaired) electrons. The maximum absolute atomic E-state index is 4.12. The highest BCUT2D eigenvalue weighted by atomic mass is 79.9. The van der Waals surface area contributed by atoms with Crippen molar-refractivity contribution in [2.45, 2.75) is 19.4 Å². The molecule has 8 heteroatoms. The van der Waals surface area contributed by atoms with Crippen LogP contribution in [-0.4, -0.2) is 31.1 Å². The van der Waals surface area contributed by atoms with Crippen molar-refractivity contribution < 1.29 is 0 Å². The third-order valence-electron chi connectivity index (χ3n) is 2.37. The third-order valence-corrected chi connectivity index (χ3v) is 3.46. The Morgan fingerprint density at radius 3 is 2.88 bits per heavy atom. The minimum absolute atomic E-state index is 0.0249. The van der Waals surface area contributed by atoms with Gasteiger partial charge in [0.2, 0.25) is 0 Å². The number of aryl methyl sites for hydroxylation is 1. The van der Waals surface area contributed by atoms with Gasteiger partial charge < -0.3 is 5.32 Å². The molecule has 0 saturated heterocycles. The molecule has 0 aliphatic heterocycles. The monoisotopic (exact) mass is 316 g/mol. The van der Waals surface area contributed by atoms with Crippen LogP contribution in [-0.2, 0) is 7.05 Å². The predicted octanol–water partition coefficient (Wildman–Crippen LogP) is 1.52. The molecular formula is C9H13BrN6S. The largest absolute Gasteiger partial charge is 0.304 e. The van der Waals surface area contributed by atoms with E-state index >= 15 is 0 Å². The molecule has 0 saturated carbocycles. The lowest BCUT2D eigenvalue weighted by atomic mass is 10.1. The van der Waals surface area contributed by atoms with E-state index in [1.807, 2.05) is 12.4 Å². The average molecular weight is 317 g/mol. The molecule has 6 nitrogen and oxygen atoms in total. The van der Waals surface area contributed by atoms with Crippen LogP contribution in [0, 0.1) is 0 Å². The van der Waals surface area contributed by atoms with Crippen LogP contribution in [0.25, 0.3) is 0 Å². The topological polar surface area (TPSA) is 68.5 Å². The van der Waals surface area contributed by atoms with Gasteiger partial charge in [-0.3, -0.25) is 0 Å². The molecule has 0 spiro atoms. The molecule has 1 unspecified atom stereocenters. The van der Waals surface area contributed by atoms with Gasteiger partial charge in [0.25, 0.3) is 0 Å². The number of nitrogens with zero attached hydrogens (tertiary/aromatic N) is 5. The Labute approximate surface area is 112 Å². The van der Waals surface area contributed by atoms with Crippen molar-refractivity contribution in [2.75, 3.05) is 6.54 Å². The molecule has 0 amide bonds. The molecule has 2 aromatic heterocycles. The number of aromatic nitrogens is 5. The standard InChI is InChI=1S/C9H13BrN6S/c1-3-4-11-7(6-5-17-15-12-6)8-9(10)13-14-16(8)2/h5,7,11H,3-4H2,1-2H3. The Kier molecular flexibility index (Phi) is 4.19. The van der Waals surface area contributed by atoms with Crippen LogP contribution in [0.5, 0.6) is 0 Å². The van der Waals surface area contributed by atoms with Crippen molar-refractivity contribution in [1.82, 2.24) is 29.9 Å². The van der Waals surface area contributed by atoms with Crippen LogP contribution in [0.3, 0.4) is 0 Å². The van der Waals surface area contributed by atoms with E-state index < -0.39 is 0 Å². The summed E-state index contributed by atoms with van der Waals surface area (Å²) in [6.07, 6.45) is 1.05. The Morgan fingerprint density at radius 1 is 1.53 bits per heavy atom. The van der Waals surface area contributed by atoms with Gasteiger partial charge in [0, 0.05) is 12.4 Å². The maximum atomic E-state index is 4.12. The summed E-state index contributed by atoms with van der Waals surface area (Å²) in [5.41, 5.74) is 1.86. The van der Waals surface area contributed by atoms with E-state index in [1.165, 1.54) is 11.5 Å². The van der Waals surface area contributed by atoms with E-state index in [2.05, 4.69) is 48.1 Å². The van der Waals surface area contributed by atoms with E-state index in [4.69, 9.17) is 0 Å². The van der Waals surface area contributed by atoms with E-state index in [1.54, 1.807) is 4.68 Å². The smallest absolute Gasteiger partial charge is 0.153 e. The van der Waals surface area contributed by atoms with Crippen LogP contribution in [0.2, 0.25) is 0 Å². The van der Waals surface area contributed by atoms with Crippen LogP contribution >= 0.6 is 27.5 Å². The van der Waals surface area contributed by atoms with Crippen molar-refractivity contribution >= 4 is 27.5 Å². The Balaban J connectivity index is 2.33. The zero-order chi connectivity index (χ0) is 12.3. The minimum Gasteiger partial charge on any atom is -0.304 e. The van der Waals surface area contributed by atoms with Gasteiger partial charge >= 0.3 is 0 Å². The van der Waals surface area contributed by atoms with Gasteiger partial charge in [0.1, 0.15) is 0 Å². The summed E-state index contributed by atoms with van der Waals surface area (Å²) in [7, 11) is 1.87. The summed E-state index contributed by atoms with van der Waals surface area (Å²) in [6.45, 7) is 3.03. The second kappa shape index (κ2) is 5.65. The Hall–Kier alpha value is -0.860. The van der Waals surface area contributed by atoms with Gasteiger partial charge in [-0.05, 0) is 40.4 Å². The molecule has 0 fully saturated rings. The van der Waals surface area contributed by atoms with Crippen molar-refractivity contribution in [3.05, 3.63) is 21.4 Å². The first kappa shape index (κ1) is 12.6. The van der Waals surface area contributed by atoms with E-state index in [0.29, 0.717) is 0 Å². The zero-order valence-corrected chi connectivity index (χ0v) is 12.0. The molecule has 0 aliphatic rings. The van der Waals surface area contributed by atoms with Crippen LogP contribution in [0.15, 0.2) is 9.98 Å². The quantitative estimate of drug-likeness (QED) is 0.905. The second-order valence-electron chi connectivity index (χ2n) is 3.61. The highest BCUT2D eigenvalue weighted by Gasteiger charge is 2.23. The summed E-state index contributed by atoms with van der Waals surface area (Å²) in [5.74, 6) is 0. The first-order valence-electron chi connectivity index (χ1n) is 5.29. The van der Waals surface area contributed by atoms with Gasteiger partial charge in [0.15, 0.2) is 4.60 Å². The molecule has 1 atom stereocenters. The molecule has 17 heavy (non-hydrogen) atoms. The van der Waals surface area contributed by atoms with Crippen LogP contribution in [0.1, 0.15) is 30.8 Å². The predicted molar refractivity (Wildman–Crippen MR) is 68.7 cm³/mol. The maximum Gasteiger partial charge on any atom is 0.153 e. The van der Waals surface area contributed by atoms with Gasteiger partial charge in [-0.15, -0.1) is 10.2 Å². The molecule has 0 aromatic carbocycles. The third kappa shape index (κ3) is 2.70. The number of hydrogen-bond acceptors (Lipinski definition) is 6. The molecule has 0 bridgehead atoms. The van der Waals surface area contributed by atoms with Gasteiger partial charge in [0.05, 0.1) is 17.4 Å². The molecule has 2 rings (SSSR count). The number of nitrogens with one attached hydrogen (secondary N) is 1. The number of hydrogen-bond donors (Lipinski definition) is 1. The summed E-state index contributed by atoms with van der Waals surface area (Å²) in [6, 6.07) is -0.0249. The number of rotatable bonds is 5. The normalized spacial score (nSPS) is 12.9. The minimum atomic E-state index is -0.0249. The van der Waals surface area contributed by atoms with Crippen LogP contribution < -0.4 is 5.32 Å². The zero-order valence-electron chi connectivity index (χ0n) is 9.59. The first-order chi connectivity index (χ1) is 8.24. The van der Waals surface area contributed by atoms with Gasteiger partial charge in [-0.1, -0.05) is 16.6 Å². The molecule has 1 N–H and O–H groups in total. The lowest BCUT2D eigenvalue weighted by Crippen LogP contribution is -2.26. The summed E-state index contributed by atoms with van der Waals surface area (Å²) < 4.78 is 6.39. The van der Waals surface area contributed by atoms with E-state index in [-0.39, 0.29) is 6.04 Å². The summed E-state index contributed by atoms with van der Waals surface area (Å²) in [4.78, 5) is 0. The average Bonchev–Trinajstić information content (AvgIpc) is 2.93. The van der Waals surface area contributed by atoms with Crippen molar-refractivity contribution in [2.24, 2.45) is 7.05 Å². The highest BCUT2D eigenvalue weighted by Crippen LogP contribution is 2.25. The Bertz CT molecular complexity index is 448. The fourth-order valence-electron chi connectivity index (χ4n) is 1.57.